The SMILES string of the molecule is CC/C=C\C/C=C\C/C=C\C/C=C\C/C=C\CCCCCCCCCCCCCC(=O)OC(COC(=O)CCCCCCC/C=C\C/C=C\CCCCCC)COC(OCC[N+](C)(C)C)C(=O)O. The van der Waals surface area contributed by atoms with E-state index in [0.717, 1.165) is 103 Å². The Hall–Kier alpha value is -3.53. The summed E-state index contributed by atoms with van der Waals surface area (Å²) in [6.45, 7) is 4.72. The number of hydrogen-bond donors (Lipinski definition) is 1. The van der Waals surface area contributed by atoms with Crippen molar-refractivity contribution in [3.05, 3.63) is 85.1 Å². The van der Waals surface area contributed by atoms with Gasteiger partial charge in [-0.1, -0.05) is 195 Å². The molecule has 68 heavy (non-hydrogen) atoms. The molecule has 0 radical (unpaired) electrons. The average molecular weight is 953 g/mol. The quantitative estimate of drug-likeness (QED) is 0.0211. The van der Waals surface area contributed by atoms with Crippen molar-refractivity contribution in [1.82, 2.24) is 0 Å². The van der Waals surface area contributed by atoms with E-state index >= 15 is 0 Å². The number of nitrogens with zero attached hydrogens (tertiary/aromatic N) is 1. The Bertz CT molecular complexity index is 1390. The van der Waals surface area contributed by atoms with Gasteiger partial charge in [-0.05, 0) is 89.9 Å². The van der Waals surface area contributed by atoms with Gasteiger partial charge in [0.25, 0.3) is 6.29 Å². The molecule has 0 saturated carbocycles. The van der Waals surface area contributed by atoms with Crippen LogP contribution in [0.5, 0.6) is 0 Å². The second-order valence-electron chi connectivity index (χ2n) is 19.2. The lowest BCUT2D eigenvalue weighted by Gasteiger charge is -2.25. The molecule has 0 aromatic heterocycles. The number of allylic oxidation sites excluding steroid dienone is 14. The van der Waals surface area contributed by atoms with Crippen molar-refractivity contribution in [2.75, 3.05) is 47.5 Å². The molecule has 0 spiro atoms. The van der Waals surface area contributed by atoms with E-state index in [1.165, 1.54) is 77.0 Å². The number of rotatable bonds is 49. The van der Waals surface area contributed by atoms with Gasteiger partial charge in [-0.25, -0.2) is 4.79 Å². The molecule has 1 N–H and O–H groups in total. The summed E-state index contributed by atoms with van der Waals surface area (Å²) in [5.41, 5.74) is 0. The van der Waals surface area contributed by atoms with E-state index in [9.17, 15) is 19.5 Å². The molecule has 0 bridgehead atoms. The minimum Gasteiger partial charge on any atom is -0.477 e. The fourth-order valence-electron chi connectivity index (χ4n) is 7.19. The lowest BCUT2D eigenvalue weighted by molar-refractivity contribution is -0.870. The van der Waals surface area contributed by atoms with E-state index in [0.29, 0.717) is 17.4 Å². The number of carbonyl (C=O) groups excluding carboxylic acids is 2. The third kappa shape index (κ3) is 50.3. The molecule has 0 aromatic carbocycles. The average Bonchev–Trinajstić information content (AvgIpc) is 3.30. The smallest absolute Gasteiger partial charge is 0.361 e. The Morgan fingerprint density at radius 3 is 1.25 bits per heavy atom. The number of carboxylic acids is 1. The summed E-state index contributed by atoms with van der Waals surface area (Å²) in [5.74, 6) is -2.03. The highest BCUT2D eigenvalue weighted by Gasteiger charge is 2.25. The highest BCUT2D eigenvalue weighted by Crippen LogP contribution is 2.15. The van der Waals surface area contributed by atoms with Gasteiger partial charge in [0.05, 0.1) is 34.4 Å². The number of esters is 2. The van der Waals surface area contributed by atoms with Crippen LogP contribution < -0.4 is 0 Å². The van der Waals surface area contributed by atoms with Crippen LogP contribution in [0.3, 0.4) is 0 Å². The molecule has 0 aromatic rings. The molecule has 0 rings (SSSR count). The topological polar surface area (TPSA) is 108 Å². The summed E-state index contributed by atoms with van der Waals surface area (Å²) >= 11 is 0. The predicted octanol–water partition coefficient (Wildman–Crippen LogP) is 15.6. The van der Waals surface area contributed by atoms with Gasteiger partial charge in [-0.15, -0.1) is 0 Å². The van der Waals surface area contributed by atoms with E-state index in [1.807, 2.05) is 21.1 Å². The highest BCUT2D eigenvalue weighted by atomic mass is 16.7. The molecule has 390 valence electrons. The highest BCUT2D eigenvalue weighted by molar-refractivity contribution is 5.71. The zero-order valence-corrected chi connectivity index (χ0v) is 44.2. The molecule has 0 aliphatic heterocycles. The second-order valence-corrected chi connectivity index (χ2v) is 19.2. The maximum Gasteiger partial charge on any atom is 0.361 e. The van der Waals surface area contributed by atoms with Crippen molar-refractivity contribution < 1.29 is 42.9 Å². The zero-order valence-electron chi connectivity index (χ0n) is 44.2. The summed E-state index contributed by atoms with van der Waals surface area (Å²) in [6.07, 6.45) is 62.2. The van der Waals surface area contributed by atoms with Crippen LogP contribution in [0.25, 0.3) is 0 Å². The fraction of sp³-hybridized carbons (Fsp3) is 0.712. The van der Waals surface area contributed by atoms with Crippen molar-refractivity contribution in [2.24, 2.45) is 0 Å². The van der Waals surface area contributed by atoms with E-state index in [-0.39, 0.29) is 38.6 Å². The molecule has 0 aliphatic rings. The number of hydrogen-bond acceptors (Lipinski definition) is 7. The number of carbonyl (C=O) groups is 3. The van der Waals surface area contributed by atoms with Crippen LogP contribution >= 0.6 is 0 Å². The van der Waals surface area contributed by atoms with Gasteiger partial charge in [0, 0.05) is 12.8 Å². The number of carboxylic acid groups (broad SMARTS) is 1. The van der Waals surface area contributed by atoms with E-state index < -0.39 is 24.3 Å². The Balaban J connectivity index is 4.29. The van der Waals surface area contributed by atoms with Gasteiger partial charge in [0.15, 0.2) is 6.10 Å². The molecular formula is C59H102NO8+. The summed E-state index contributed by atoms with van der Waals surface area (Å²) in [6, 6.07) is 0. The minimum atomic E-state index is -1.52. The first-order chi connectivity index (χ1) is 33.1. The lowest BCUT2D eigenvalue weighted by atomic mass is 10.0. The maximum absolute atomic E-state index is 12.9. The molecule has 0 amide bonds. The van der Waals surface area contributed by atoms with Gasteiger partial charge in [-0.3, -0.25) is 9.59 Å². The number of quaternary nitrogens is 1. The standard InChI is InChI=1S/C59H101NO8/c1-6-8-10-12-14-16-18-20-22-24-25-26-27-28-29-30-31-32-33-34-36-38-40-42-44-46-48-50-57(62)68-55(54-67-59(58(63)64)65-52-51-60(3,4)5)53-66-56(61)49-47-45-43-41-39-37-35-23-21-19-17-15-13-11-9-7-2/h8,10,14,16-17,19-20,22-23,25-26,28-29,35,55,59H,6-7,9,11-13,15,18,21,24,27,30-34,36-54H2,1-5H3/p+1/b10-8-,16-14-,19-17-,22-20-,26-25-,29-28-,35-23-. The predicted molar refractivity (Wildman–Crippen MR) is 286 cm³/mol. The van der Waals surface area contributed by atoms with Crippen LogP contribution in [0.15, 0.2) is 85.1 Å². The van der Waals surface area contributed by atoms with Crippen molar-refractivity contribution >= 4 is 17.9 Å². The first kappa shape index (κ1) is 64.5. The van der Waals surface area contributed by atoms with Crippen LogP contribution in [0.2, 0.25) is 0 Å². The molecule has 0 saturated heterocycles. The summed E-state index contributed by atoms with van der Waals surface area (Å²) < 4.78 is 22.8. The van der Waals surface area contributed by atoms with Gasteiger partial charge >= 0.3 is 17.9 Å². The first-order valence-electron chi connectivity index (χ1n) is 27.3. The monoisotopic (exact) mass is 953 g/mol. The van der Waals surface area contributed by atoms with Crippen LogP contribution in [0, 0.1) is 0 Å². The second kappa shape index (κ2) is 49.9. The molecule has 9 heteroatoms. The fourth-order valence-corrected chi connectivity index (χ4v) is 7.19. The van der Waals surface area contributed by atoms with Crippen LogP contribution in [-0.4, -0.2) is 87.4 Å². The van der Waals surface area contributed by atoms with Gasteiger partial charge in [0.1, 0.15) is 13.2 Å². The summed E-state index contributed by atoms with van der Waals surface area (Å²) in [4.78, 5) is 37.3. The molecule has 2 atom stereocenters. The Morgan fingerprint density at radius 1 is 0.456 bits per heavy atom. The first-order valence-corrected chi connectivity index (χ1v) is 27.3. The molecule has 2 unspecified atom stereocenters. The molecular weight excluding hydrogens is 851 g/mol. The van der Waals surface area contributed by atoms with Crippen LogP contribution in [0.4, 0.5) is 0 Å². The van der Waals surface area contributed by atoms with Gasteiger partial charge < -0.3 is 28.5 Å². The Morgan fingerprint density at radius 2 is 0.838 bits per heavy atom. The van der Waals surface area contributed by atoms with Crippen molar-refractivity contribution in [3.63, 3.8) is 0 Å². The number of ether oxygens (including phenoxy) is 4. The largest absolute Gasteiger partial charge is 0.477 e. The van der Waals surface area contributed by atoms with Crippen LogP contribution in [0.1, 0.15) is 213 Å². The van der Waals surface area contributed by atoms with Crippen molar-refractivity contribution in [2.45, 2.75) is 225 Å². The Kier molecular flexibility index (Phi) is 47.3. The Labute approximate surface area is 417 Å². The van der Waals surface area contributed by atoms with Gasteiger partial charge in [0.2, 0.25) is 0 Å². The molecule has 0 fully saturated rings. The lowest BCUT2D eigenvalue weighted by Crippen LogP contribution is -2.40. The summed E-state index contributed by atoms with van der Waals surface area (Å²) in [7, 11) is 5.95. The third-order valence-corrected chi connectivity index (χ3v) is 11.4. The number of aliphatic carboxylic acids is 1. The number of unbranched alkanes of at least 4 members (excludes halogenated alkanes) is 20. The molecule has 0 aliphatic carbocycles. The van der Waals surface area contributed by atoms with Gasteiger partial charge in [-0.2, -0.15) is 0 Å². The maximum atomic E-state index is 12.9. The van der Waals surface area contributed by atoms with Crippen molar-refractivity contribution in [1.29, 1.82) is 0 Å². The zero-order chi connectivity index (χ0) is 49.9. The third-order valence-electron chi connectivity index (χ3n) is 11.4. The van der Waals surface area contributed by atoms with E-state index in [4.69, 9.17) is 18.9 Å². The summed E-state index contributed by atoms with van der Waals surface area (Å²) in [5, 5.41) is 9.68. The van der Waals surface area contributed by atoms with E-state index in [2.05, 4.69) is 98.9 Å². The van der Waals surface area contributed by atoms with Crippen LogP contribution in [-0.2, 0) is 33.3 Å². The molecule has 0 heterocycles. The number of likely N-dealkylation sites (N-methyl/N-ethyl adjacent to an activating group) is 1. The minimum absolute atomic E-state index is 0.181. The normalized spacial score (nSPS) is 13.5. The van der Waals surface area contributed by atoms with Crippen molar-refractivity contribution in [3.8, 4) is 0 Å². The van der Waals surface area contributed by atoms with E-state index in [1.54, 1.807) is 0 Å². The molecule has 9 nitrogen and oxygen atoms in total.